The summed E-state index contributed by atoms with van der Waals surface area (Å²) in [6, 6.07) is 14.4. The highest BCUT2D eigenvalue weighted by atomic mass is 35.5. The molecular weight excluding hydrogens is 342 g/mol. The van der Waals surface area contributed by atoms with Crippen molar-refractivity contribution >= 4 is 46.4 Å². The van der Waals surface area contributed by atoms with Gasteiger partial charge in [0, 0.05) is 5.02 Å². The number of carbonyl (C=O) groups is 2. The van der Waals surface area contributed by atoms with Crippen LogP contribution in [0.1, 0.15) is 18.1 Å². The van der Waals surface area contributed by atoms with E-state index in [2.05, 4.69) is 0 Å². The van der Waals surface area contributed by atoms with Gasteiger partial charge < -0.3 is 0 Å². The van der Waals surface area contributed by atoms with Gasteiger partial charge in [0.05, 0.1) is 16.2 Å². The van der Waals surface area contributed by atoms with Crippen LogP contribution in [-0.2, 0) is 9.59 Å². The monoisotopic (exact) mass is 357 g/mol. The molecule has 0 fully saturated rings. The number of imide groups is 1. The van der Waals surface area contributed by atoms with Crippen LogP contribution in [0.15, 0.2) is 53.4 Å². The first-order valence-corrected chi connectivity index (χ1v) is 8.97. The van der Waals surface area contributed by atoms with Crippen LogP contribution in [0.3, 0.4) is 0 Å². The Morgan fingerprint density at radius 1 is 0.958 bits per heavy atom. The number of thioether (sulfide) groups is 1. The molecule has 0 N–H and O–H groups in total. The van der Waals surface area contributed by atoms with Crippen LogP contribution < -0.4 is 4.90 Å². The van der Waals surface area contributed by atoms with E-state index in [1.807, 2.05) is 38.1 Å². The van der Waals surface area contributed by atoms with E-state index in [9.17, 15) is 9.59 Å². The Labute approximate surface area is 150 Å². The van der Waals surface area contributed by atoms with Crippen molar-refractivity contribution < 1.29 is 9.59 Å². The molecule has 0 spiro atoms. The highest BCUT2D eigenvalue weighted by Gasteiger charge is 2.39. The molecule has 1 aliphatic heterocycles. The summed E-state index contributed by atoms with van der Waals surface area (Å²) < 4.78 is 0. The van der Waals surface area contributed by atoms with Crippen LogP contribution in [0.25, 0.3) is 5.57 Å². The van der Waals surface area contributed by atoms with E-state index in [-0.39, 0.29) is 11.8 Å². The summed E-state index contributed by atoms with van der Waals surface area (Å²) >= 11 is 7.31. The number of carbonyl (C=O) groups excluding carboxylic acids is 2. The lowest BCUT2D eigenvalue weighted by Gasteiger charge is -2.15. The SMILES string of the molecule is CCSC1=C(c2ccc(C)cc2)C(=O)N(c2ccc(Cl)cc2)C1=O. The predicted octanol–water partition coefficient (Wildman–Crippen LogP) is 4.69. The number of amides is 2. The van der Waals surface area contributed by atoms with E-state index in [4.69, 9.17) is 11.6 Å². The fourth-order valence-electron chi connectivity index (χ4n) is 2.59. The third-order valence-electron chi connectivity index (χ3n) is 3.76. The molecule has 122 valence electrons. The van der Waals surface area contributed by atoms with Gasteiger partial charge in [-0.25, -0.2) is 4.90 Å². The number of nitrogens with zero attached hydrogens (tertiary/aromatic N) is 1. The minimum Gasteiger partial charge on any atom is -0.268 e. The second-order valence-electron chi connectivity index (χ2n) is 5.43. The maximum atomic E-state index is 13.0. The standard InChI is InChI=1S/C19H16ClNO2S/c1-3-24-17-16(13-6-4-12(2)5-7-13)18(22)21(19(17)23)15-10-8-14(20)9-11-15/h4-11H,3H2,1-2H3. The molecule has 24 heavy (non-hydrogen) atoms. The smallest absolute Gasteiger partial charge is 0.268 e. The lowest BCUT2D eigenvalue weighted by atomic mass is 10.0. The van der Waals surface area contributed by atoms with Crippen LogP contribution in [0.5, 0.6) is 0 Å². The second-order valence-corrected chi connectivity index (χ2v) is 7.14. The first-order chi connectivity index (χ1) is 11.5. The first kappa shape index (κ1) is 16.8. The highest BCUT2D eigenvalue weighted by molar-refractivity contribution is 8.04. The van der Waals surface area contributed by atoms with Gasteiger partial charge in [0.1, 0.15) is 0 Å². The van der Waals surface area contributed by atoms with Gasteiger partial charge in [0.2, 0.25) is 0 Å². The summed E-state index contributed by atoms with van der Waals surface area (Å²) in [6.45, 7) is 3.95. The van der Waals surface area contributed by atoms with Crippen molar-refractivity contribution in [2.45, 2.75) is 13.8 Å². The Morgan fingerprint density at radius 3 is 2.17 bits per heavy atom. The normalized spacial score (nSPS) is 14.7. The molecule has 0 atom stereocenters. The lowest BCUT2D eigenvalue weighted by Crippen LogP contribution is -2.31. The molecular formula is C19H16ClNO2S. The number of benzene rings is 2. The predicted molar refractivity (Wildman–Crippen MR) is 100 cm³/mol. The van der Waals surface area contributed by atoms with Crippen molar-refractivity contribution in [3.8, 4) is 0 Å². The average molecular weight is 358 g/mol. The quantitative estimate of drug-likeness (QED) is 0.745. The van der Waals surface area contributed by atoms with E-state index >= 15 is 0 Å². The van der Waals surface area contributed by atoms with Crippen molar-refractivity contribution in [1.29, 1.82) is 0 Å². The van der Waals surface area contributed by atoms with E-state index in [1.54, 1.807) is 24.3 Å². The molecule has 3 rings (SSSR count). The van der Waals surface area contributed by atoms with Gasteiger partial charge >= 0.3 is 0 Å². The fraction of sp³-hybridized carbons (Fsp3) is 0.158. The lowest BCUT2D eigenvalue weighted by molar-refractivity contribution is -0.119. The number of hydrogen-bond donors (Lipinski definition) is 0. The molecule has 1 aliphatic rings. The van der Waals surface area contributed by atoms with Crippen molar-refractivity contribution in [3.05, 3.63) is 69.6 Å². The maximum Gasteiger partial charge on any atom is 0.272 e. The summed E-state index contributed by atoms with van der Waals surface area (Å²) in [4.78, 5) is 27.5. The summed E-state index contributed by atoms with van der Waals surface area (Å²) in [5, 5.41) is 0.563. The zero-order valence-electron chi connectivity index (χ0n) is 13.4. The minimum atomic E-state index is -0.290. The summed E-state index contributed by atoms with van der Waals surface area (Å²) in [5.74, 6) is 0.157. The molecule has 3 nitrogen and oxygen atoms in total. The van der Waals surface area contributed by atoms with Crippen molar-refractivity contribution in [3.63, 3.8) is 0 Å². The number of halogens is 1. The second kappa shape index (κ2) is 6.83. The third kappa shape index (κ3) is 2.99. The molecule has 0 unspecified atom stereocenters. The van der Waals surface area contributed by atoms with Gasteiger partial charge in [0.15, 0.2) is 0 Å². The Kier molecular flexibility index (Phi) is 4.78. The topological polar surface area (TPSA) is 37.4 Å². The van der Waals surface area contributed by atoms with E-state index in [0.717, 1.165) is 16.9 Å². The number of aryl methyl sites for hydroxylation is 1. The zero-order chi connectivity index (χ0) is 17.3. The van der Waals surface area contributed by atoms with Gasteiger partial charge in [-0.15, -0.1) is 11.8 Å². The number of hydrogen-bond acceptors (Lipinski definition) is 3. The first-order valence-electron chi connectivity index (χ1n) is 7.61. The molecule has 0 bridgehead atoms. The van der Waals surface area contributed by atoms with E-state index in [1.165, 1.54) is 16.7 Å². The molecule has 0 radical (unpaired) electrons. The van der Waals surface area contributed by atoms with Gasteiger partial charge in [-0.05, 0) is 42.5 Å². The van der Waals surface area contributed by atoms with Crippen LogP contribution in [0, 0.1) is 6.92 Å². The van der Waals surface area contributed by atoms with Gasteiger partial charge in [0.25, 0.3) is 11.8 Å². The molecule has 0 aliphatic carbocycles. The Bertz CT molecular complexity index is 825. The van der Waals surface area contributed by atoms with Crippen molar-refractivity contribution in [2.24, 2.45) is 0 Å². The largest absolute Gasteiger partial charge is 0.272 e. The van der Waals surface area contributed by atoms with E-state index < -0.39 is 0 Å². The van der Waals surface area contributed by atoms with Crippen LogP contribution in [-0.4, -0.2) is 17.6 Å². The molecule has 0 saturated carbocycles. The van der Waals surface area contributed by atoms with Gasteiger partial charge in [-0.2, -0.15) is 0 Å². The highest BCUT2D eigenvalue weighted by Crippen LogP contribution is 2.38. The Hall–Kier alpha value is -2.04. The number of anilines is 1. The van der Waals surface area contributed by atoms with Gasteiger partial charge in [-0.1, -0.05) is 48.4 Å². The molecule has 0 saturated heterocycles. The molecule has 1 heterocycles. The minimum absolute atomic E-state index is 0.273. The van der Waals surface area contributed by atoms with Crippen molar-refractivity contribution in [2.75, 3.05) is 10.7 Å². The maximum absolute atomic E-state index is 13.0. The Balaban J connectivity index is 2.07. The summed E-state index contributed by atoms with van der Waals surface area (Å²) in [5.41, 5.74) is 2.88. The fourth-order valence-corrected chi connectivity index (χ4v) is 3.57. The molecule has 2 amide bonds. The van der Waals surface area contributed by atoms with Crippen LogP contribution in [0.4, 0.5) is 5.69 Å². The molecule has 2 aromatic rings. The molecule has 5 heteroatoms. The molecule has 2 aromatic carbocycles. The van der Waals surface area contributed by atoms with Crippen molar-refractivity contribution in [1.82, 2.24) is 0 Å². The number of rotatable bonds is 4. The Morgan fingerprint density at radius 2 is 1.58 bits per heavy atom. The average Bonchev–Trinajstić information content (AvgIpc) is 2.81. The van der Waals surface area contributed by atoms with Crippen LogP contribution >= 0.6 is 23.4 Å². The third-order valence-corrected chi connectivity index (χ3v) is 4.96. The summed E-state index contributed by atoms with van der Waals surface area (Å²) in [7, 11) is 0. The summed E-state index contributed by atoms with van der Waals surface area (Å²) in [6.07, 6.45) is 0. The molecule has 0 aromatic heterocycles. The zero-order valence-corrected chi connectivity index (χ0v) is 14.9. The van der Waals surface area contributed by atoms with E-state index in [0.29, 0.717) is 21.2 Å². The van der Waals surface area contributed by atoms with Gasteiger partial charge in [-0.3, -0.25) is 9.59 Å². The van der Waals surface area contributed by atoms with Crippen LogP contribution in [0.2, 0.25) is 5.02 Å².